The summed E-state index contributed by atoms with van der Waals surface area (Å²) in [5.41, 5.74) is 3.28. The molecule has 1 aliphatic heterocycles. The maximum atomic E-state index is 13.9. The van der Waals surface area contributed by atoms with Crippen LogP contribution in [0, 0.1) is 12.8 Å². The van der Waals surface area contributed by atoms with Crippen molar-refractivity contribution >= 4 is 40.0 Å². The van der Waals surface area contributed by atoms with Crippen LogP contribution < -0.4 is 15.1 Å². The Morgan fingerprint density at radius 2 is 2.13 bits per heavy atom. The van der Waals surface area contributed by atoms with Crippen LogP contribution in [0.15, 0.2) is 36.7 Å². The monoisotopic (exact) mass is 404 g/mol. The van der Waals surface area contributed by atoms with Crippen LogP contribution in [-0.2, 0) is 4.79 Å². The van der Waals surface area contributed by atoms with Crippen molar-refractivity contribution in [2.45, 2.75) is 31.5 Å². The quantitative estimate of drug-likeness (QED) is 0.722. The van der Waals surface area contributed by atoms with E-state index in [2.05, 4.69) is 15.3 Å². The minimum atomic E-state index is -0.767. The fourth-order valence-corrected chi connectivity index (χ4v) is 4.92. The van der Waals surface area contributed by atoms with Gasteiger partial charge in [-0.15, -0.1) is 0 Å². The van der Waals surface area contributed by atoms with E-state index < -0.39 is 6.17 Å². The highest BCUT2D eigenvalue weighted by atomic mass is 19.1. The minimum Gasteiger partial charge on any atom is -0.339 e. The molecule has 6 rings (SSSR count). The van der Waals surface area contributed by atoms with Gasteiger partial charge < -0.3 is 15.1 Å². The third-order valence-electron chi connectivity index (χ3n) is 6.86. The van der Waals surface area contributed by atoms with Crippen LogP contribution in [0.3, 0.4) is 0 Å². The van der Waals surface area contributed by atoms with Crippen LogP contribution in [0.5, 0.6) is 0 Å². The first-order valence-electron chi connectivity index (χ1n) is 10.1. The number of benzene rings is 1. The third kappa shape index (κ3) is 2.36. The summed E-state index contributed by atoms with van der Waals surface area (Å²) in [6, 6.07) is 7.98. The topological polar surface area (TPSA) is 74.2 Å². The van der Waals surface area contributed by atoms with Crippen molar-refractivity contribution in [2.24, 2.45) is 5.92 Å². The molecule has 7 nitrogen and oxygen atoms in total. The second-order valence-electron chi connectivity index (χ2n) is 8.56. The first-order valence-corrected chi connectivity index (χ1v) is 10.1. The maximum absolute atomic E-state index is 13.9. The van der Waals surface area contributed by atoms with Gasteiger partial charge in [0.1, 0.15) is 11.9 Å². The van der Waals surface area contributed by atoms with Gasteiger partial charge >= 0.3 is 0 Å². The van der Waals surface area contributed by atoms with Crippen molar-refractivity contribution in [1.29, 1.82) is 0 Å². The number of pyridine rings is 1. The number of nitrogens with zero attached hydrogens (tertiary/aromatic N) is 5. The summed E-state index contributed by atoms with van der Waals surface area (Å²) in [6.07, 6.45) is 3.94. The molecule has 1 amide bonds. The number of hydrogen-bond acceptors (Lipinski definition) is 6. The molecule has 2 aromatic heterocycles. The molecule has 30 heavy (non-hydrogen) atoms. The first-order chi connectivity index (χ1) is 14.5. The number of rotatable bonds is 3. The van der Waals surface area contributed by atoms with Crippen molar-refractivity contribution in [3.8, 4) is 0 Å². The number of fused-ring (bicyclic) bond motifs is 3. The van der Waals surface area contributed by atoms with Gasteiger partial charge in [0.2, 0.25) is 11.9 Å². The van der Waals surface area contributed by atoms with Gasteiger partial charge in [-0.2, -0.15) is 4.98 Å². The number of hydrogen-bond donors (Lipinski definition) is 1. The largest absolute Gasteiger partial charge is 0.339 e. The van der Waals surface area contributed by atoms with Gasteiger partial charge in [0, 0.05) is 36.7 Å². The Kier molecular flexibility index (Phi) is 3.44. The van der Waals surface area contributed by atoms with Crippen LogP contribution in [0.4, 0.5) is 27.5 Å². The number of aryl methyl sites for hydroxylation is 1. The maximum Gasteiger partial charge on any atom is 0.246 e. The van der Waals surface area contributed by atoms with Crippen molar-refractivity contribution in [1.82, 2.24) is 15.0 Å². The summed E-state index contributed by atoms with van der Waals surface area (Å²) in [6.45, 7) is 2.24. The van der Waals surface area contributed by atoms with E-state index in [1.54, 1.807) is 24.3 Å². The van der Waals surface area contributed by atoms with E-state index in [-0.39, 0.29) is 23.9 Å². The lowest BCUT2D eigenvalue weighted by molar-refractivity contribution is -0.117. The molecule has 2 saturated carbocycles. The van der Waals surface area contributed by atoms with Gasteiger partial charge in [-0.25, -0.2) is 9.37 Å². The highest BCUT2D eigenvalue weighted by Gasteiger charge is 2.72. The van der Waals surface area contributed by atoms with Gasteiger partial charge in [0.25, 0.3) is 0 Å². The standard InChI is InChI=1S/C22H21FN6O/c1-12-6-17-13(4-3-5-24-17)7-16(12)26-21-25-10-18-20(27-21)29(11-19(30)28(18)2)22-8-14(22)15(23)9-22/h3-7,10,14-15H,8-9,11H2,1-2H3,(H,25,26,27)/t14?,15-,22?/m0/s1. The zero-order valence-electron chi connectivity index (χ0n) is 16.8. The van der Waals surface area contributed by atoms with E-state index in [1.807, 2.05) is 36.1 Å². The van der Waals surface area contributed by atoms with E-state index in [0.717, 1.165) is 28.6 Å². The summed E-state index contributed by atoms with van der Waals surface area (Å²) in [7, 11) is 1.73. The van der Waals surface area contributed by atoms with Crippen LogP contribution in [0.2, 0.25) is 0 Å². The minimum absolute atomic E-state index is 0.0168. The van der Waals surface area contributed by atoms with Crippen molar-refractivity contribution in [3.63, 3.8) is 0 Å². The van der Waals surface area contributed by atoms with Gasteiger partial charge in [-0.1, -0.05) is 6.07 Å². The average molecular weight is 404 g/mol. The molecule has 152 valence electrons. The summed E-state index contributed by atoms with van der Waals surface area (Å²) >= 11 is 0. The predicted molar refractivity (Wildman–Crippen MR) is 113 cm³/mol. The van der Waals surface area contributed by atoms with Crippen molar-refractivity contribution in [2.75, 3.05) is 28.7 Å². The average Bonchev–Trinajstić information content (AvgIpc) is 3.37. The third-order valence-corrected chi connectivity index (χ3v) is 6.86. The number of carbonyl (C=O) groups excluding carboxylic acids is 1. The Bertz CT molecular complexity index is 1220. The number of nitrogens with one attached hydrogen (secondary N) is 1. The van der Waals surface area contributed by atoms with Crippen LogP contribution in [0.1, 0.15) is 18.4 Å². The lowest BCUT2D eigenvalue weighted by Crippen LogP contribution is -2.55. The summed E-state index contributed by atoms with van der Waals surface area (Å²) < 4.78 is 13.9. The Balaban J connectivity index is 1.38. The Hall–Kier alpha value is -3.29. The van der Waals surface area contributed by atoms with Crippen LogP contribution in [-0.4, -0.2) is 46.2 Å². The number of carbonyl (C=O) groups is 1. The highest BCUT2D eigenvalue weighted by Crippen LogP contribution is 2.66. The number of amides is 1. The molecule has 2 fully saturated rings. The molecule has 3 heterocycles. The summed E-state index contributed by atoms with van der Waals surface area (Å²) in [5.74, 6) is 1.15. The number of aromatic nitrogens is 3. The molecule has 0 spiro atoms. The van der Waals surface area contributed by atoms with Crippen LogP contribution >= 0.6 is 0 Å². The molecule has 8 heteroatoms. The fourth-order valence-electron chi connectivity index (χ4n) is 4.92. The molecule has 0 bridgehead atoms. The molecule has 3 aliphatic rings. The normalized spacial score (nSPS) is 26.8. The van der Waals surface area contributed by atoms with E-state index in [9.17, 15) is 9.18 Å². The van der Waals surface area contributed by atoms with Gasteiger partial charge in [0.15, 0.2) is 5.82 Å². The molecule has 2 aliphatic carbocycles. The second-order valence-corrected chi connectivity index (χ2v) is 8.56. The fraction of sp³-hybridized carbons (Fsp3) is 0.364. The van der Waals surface area contributed by atoms with Gasteiger partial charge in [-0.05, 0) is 37.1 Å². The molecule has 3 atom stereocenters. The Labute approximate surface area is 172 Å². The van der Waals surface area contributed by atoms with E-state index in [0.29, 0.717) is 23.9 Å². The number of anilines is 4. The van der Waals surface area contributed by atoms with Gasteiger partial charge in [0.05, 0.1) is 23.8 Å². The number of likely N-dealkylation sites (N-methyl/N-ethyl adjacent to an activating group) is 1. The Morgan fingerprint density at radius 1 is 1.27 bits per heavy atom. The lowest BCUT2D eigenvalue weighted by atomic mass is 9.88. The zero-order chi connectivity index (χ0) is 20.6. The lowest BCUT2D eigenvalue weighted by Gasteiger charge is -2.44. The summed E-state index contributed by atoms with van der Waals surface area (Å²) in [4.78, 5) is 29.7. The van der Waals surface area contributed by atoms with E-state index in [4.69, 9.17) is 4.98 Å². The molecule has 0 radical (unpaired) electrons. The molecule has 0 saturated heterocycles. The van der Waals surface area contributed by atoms with Crippen LogP contribution in [0.25, 0.3) is 10.9 Å². The molecule has 3 aromatic rings. The smallest absolute Gasteiger partial charge is 0.246 e. The molecule has 1 aromatic carbocycles. The van der Waals surface area contributed by atoms with E-state index >= 15 is 0 Å². The van der Waals surface area contributed by atoms with Crippen molar-refractivity contribution in [3.05, 3.63) is 42.2 Å². The van der Waals surface area contributed by atoms with E-state index in [1.165, 1.54) is 0 Å². The summed E-state index contributed by atoms with van der Waals surface area (Å²) in [5, 5.41) is 4.34. The first kappa shape index (κ1) is 17.6. The highest BCUT2D eigenvalue weighted by molar-refractivity contribution is 6.02. The molecule has 1 N–H and O–H groups in total. The molecular weight excluding hydrogens is 383 g/mol. The number of halogens is 1. The molecule has 2 unspecified atom stereocenters. The Morgan fingerprint density at radius 3 is 2.90 bits per heavy atom. The number of alkyl halides is 1. The van der Waals surface area contributed by atoms with Gasteiger partial charge in [-0.3, -0.25) is 9.78 Å². The zero-order valence-corrected chi connectivity index (χ0v) is 16.8. The SMILES string of the molecule is Cc1cc2ncccc2cc1Nc1ncc2c(n1)N(C13CC1[C@@H](F)C3)CC(=O)N2C. The predicted octanol–water partition coefficient (Wildman–Crippen LogP) is 3.36. The van der Waals surface area contributed by atoms with Crippen molar-refractivity contribution < 1.29 is 9.18 Å². The second kappa shape index (κ2) is 5.87. The molecular formula is C22H21FN6O.